The van der Waals surface area contributed by atoms with E-state index in [9.17, 15) is 0 Å². The zero-order chi connectivity index (χ0) is 15.4. The van der Waals surface area contributed by atoms with Crippen LogP contribution in [-0.2, 0) is 0 Å². The van der Waals surface area contributed by atoms with Crippen molar-refractivity contribution in [3.8, 4) is 0 Å². The van der Waals surface area contributed by atoms with Gasteiger partial charge >= 0.3 is 0 Å². The van der Waals surface area contributed by atoms with Crippen molar-refractivity contribution >= 4 is 0 Å². The van der Waals surface area contributed by atoms with Crippen molar-refractivity contribution in [1.29, 1.82) is 0 Å². The van der Waals surface area contributed by atoms with Crippen LogP contribution >= 0.6 is 0 Å². The van der Waals surface area contributed by atoms with Crippen molar-refractivity contribution in [2.24, 2.45) is 11.8 Å². The van der Waals surface area contributed by atoms with Gasteiger partial charge in [0.05, 0.1) is 0 Å². The molecule has 4 atom stereocenters. The van der Waals surface area contributed by atoms with Crippen LogP contribution in [0.15, 0.2) is 0 Å². The SMILES string of the molecule is CCC(C)C1CN(CC2CCN(C(C)C)C2)C(CC)CN1. The highest BCUT2D eigenvalue weighted by Gasteiger charge is 2.32. The molecule has 0 bridgehead atoms. The van der Waals surface area contributed by atoms with Crippen LogP contribution in [0.1, 0.15) is 53.9 Å². The molecule has 2 fully saturated rings. The molecule has 0 aromatic heterocycles. The lowest BCUT2D eigenvalue weighted by Crippen LogP contribution is -2.59. The molecule has 0 aromatic rings. The number of nitrogens with one attached hydrogen (secondary N) is 1. The highest BCUT2D eigenvalue weighted by atomic mass is 15.2. The fourth-order valence-corrected chi connectivity index (χ4v) is 3.99. The molecule has 2 heterocycles. The normalized spacial score (nSPS) is 33.7. The summed E-state index contributed by atoms with van der Waals surface area (Å²) in [5.41, 5.74) is 0. The number of piperazine rings is 1. The Bertz CT molecular complexity index is 305. The fraction of sp³-hybridized carbons (Fsp3) is 1.00. The van der Waals surface area contributed by atoms with E-state index in [1.807, 2.05) is 0 Å². The van der Waals surface area contributed by atoms with Crippen molar-refractivity contribution in [3.05, 3.63) is 0 Å². The van der Waals surface area contributed by atoms with Gasteiger partial charge in [0, 0.05) is 44.3 Å². The maximum absolute atomic E-state index is 3.80. The summed E-state index contributed by atoms with van der Waals surface area (Å²) in [5, 5.41) is 3.80. The maximum atomic E-state index is 3.80. The van der Waals surface area contributed by atoms with E-state index < -0.39 is 0 Å². The van der Waals surface area contributed by atoms with Gasteiger partial charge in [-0.1, -0.05) is 27.2 Å². The molecule has 21 heavy (non-hydrogen) atoms. The van der Waals surface area contributed by atoms with Gasteiger partial charge in [-0.25, -0.2) is 0 Å². The highest BCUT2D eigenvalue weighted by Crippen LogP contribution is 2.23. The molecule has 1 N–H and O–H groups in total. The molecule has 3 nitrogen and oxygen atoms in total. The number of hydrogen-bond donors (Lipinski definition) is 1. The van der Waals surface area contributed by atoms with Crippen LogP contribution in [0.5, 0.6) is 0 Å². The van der Waals surface area contributed by atoms with Crippen LogP contribution in [0.2, 0.25) is 0 Å². The molecule has 4 unspecified atom stereocenters. The Morgan fingerprint density at radius 1 is 1.14 bits per heavy atom. The first kappa shape index (κ1) is 17.2. The van der Waals surface area contributed by atoms with Gasteiger partial charge in [-0.15, -0.1) is 0 Å². The van der Waals surface area contributed by atoms with Crippen molar-refractivity contribution in [2.75, 3.05) is 32.7 Å². The van der Waals surface area contributed by atoms with Crippen LogP contribution in [0.25, 0.3) is 0 Å². The molecule has 0 radical (unpaired) electrons. The Morgan fingerprint density at radius 3 is 2.48 bits per heavy atom. The molecule has 2 saturated heterocycles. The van der Waals surface area contributed by atoms with Gasteiger partial charge in [0.15, 0.2) is 0 Å². The predicted octanol–water partition coefficient (Wildman–Crippen LogP) is 2.82. The second-order valence-corrected chi connectivity index (χ2v) is 7.66. The standard InChI is InChI=1S/C18H37N3/c1-6-15(5)18-13-21(17(7-2)10-19-18)12-16-8-9-20(11-16)14(3)4/h14-19H,6-13H2,1-5H3. The fourth-order valence-electron chi connectivity index (χ4n) is 3.99. The Balaban J connectivity index is 1.89. The predicted molar refractivity (Wildman–Crippen MR) is 91.7 cm³/mol. The average Bonchev–Trinajstić information content (AvgIpc) is 2.95. The van der Waals surface area contributed by atoms with Gasteiger partial charge in [-0.05, 0) is 45.1 Å². The average molecular weight is 296 g/mol. The minimum absolute atomic E-state index is 0.695. The minimum atomic E-state index is 0.695. The summed E-state index contributed by atoms with van der Waals surface area (Å²) in [5.74, 6) is 1.68. The molecule has 0 spiro atoms. The second-order valence-electron chi connectivity index (χ2n) is 7.66. The van der Waals surface area contributed by atoms with E-state index in [1.165, 1.54) is 52.0 Å². The number of likely N-dealkylation sites (tertiary alicyclic amines) is 1. The maximum Gasteiger partial charge on any atom is 0.0221 e. The van der Waals surface area contributed by atoms with Crippen LogP contribution in [0.3, 0.4) is 0 Å². The highest BCUT2D eigenvalue weighted by molar-refractivity contribution is 4.90. The van der Waals surface area contributed by atoms with Crippen molar-refractivity contribution in [2.45, 2.75) is 72.0 Å². The third kappa shape index (κ3) is 4.43. The first-order valence-corrected chi connectivity index (χ1v) is 9.26. The van der Waals surface area contributed by atoms with Crippen molar-refractivity contribution in [1.82, 2.24) is 15.1 Å². The van der Waals surface area contributed by atoms with Crippen LogP contribution < -0.4 is 5.32 Å². The van der Waals surface area contributed by atoms with E-state index in [0.29, 0.717) is 12.1 Å². The van der Waals surface area contributed by atoms with Gasteiger partial charge in [0.1, 0.15) is 0 Å². The number of hydrogen-bond acceptors (Lipinski definition) is 3. The quantitative estimate of drug-likeness (QED) is 0.813. The molecular formula is C18H37N3. The monoisotopic (exact) mass is 295 g/mol. The summed E-state index contributed by atoms with van der Waals surface area (Å²) in [6.07, 6.45) is 3.96. The lowest BCUT2D eigenvalue weighted by Gasteiger charge is -2.43. The second kappa shape index (κ2) is 7.94. The third-order valence-corrected chi connectivity index (χ3v) is 5.91. The van der Waals surface area contributed by atoms with E-state index in [2.05, 4.69) is 49.7 Å². The topological polar surface area (TPSA) is 18.5 Å². The van der Waals surface area contributed by atoms with Crippen LogP contribution in [-0.4, -0.2) is 60.6 Å². The third-order valence-electron chi connectivity index (χ3n) is 5.91. The summed E-state index contributed by atoms with van der Waals surface area (Å²) in [4.78, 5) is 5.46. The molecule has 0 amide bonds. The molecule has 2 aliphatic rings. The van der Waals surface area contributed by atoms with E-state index in [1.54, 1.807) is 0 Å². The van der Waals surface area contributed by atoms with Crippen molar-refractivity contribution in [3.63, 3.8) is 0 Å². The Kier molecular flexibility index (Phi) is 6.51. The first-order chi connectivity index (χ1) is 10.0. The molecule has 2 rings (SSSR count). The van der Waals surface area contributed by atoms with E-state index >= 15 is 0 Å². The van der Waals surface area contributed by atoms with Crippen molar-refractivity contribution < 1.29 is 0 Å². The summed E-state index contributed by atoms with van der Waals surface area (Å²) in [6.45, 7) is 18.1. The van der Waals surface area contributed by atoms with Crippen LogP contribution in [0, 0.1) is 11.8 Å². The summed E-state index contributed by atoms with van der Waals surface area (Å²) >= 11 is 0. The van der Waals surface area contributed by atoms with Gasteiger partial charge in [-0.2, -0.15) is 0 Å². The Morgan fingerprint density at radius 2 is 1.90 bits per heavy atom. The first-order valence-electron chi connectivity index (χ1n) is 9.26. The van der Waals surface area contributed by atoms with Crippen LogP contribution in [0.4, 0.5) is 0 Å². The largest absolute Gasteiger partial charge is 0.311 e. The molecule has 124 valence electrons. The molecule has 0 aromatic carbocycles. The smallest absolute Gasteiger partial charge is 0.0221 e. The summed E-state index contributed by atoms with van der Waals surface area (Å²) < 4.78 is 0. The Hall–Kier alpha value is -0.120. The van der Waals surface area contributed by atoms with Gasteiger partial charge in [-0.3, -0.25) is 4.90 Å². The minimum Gasteiger partial charge on any atom is -0.311 e. The van der Waals surface area contributed by atoms with E-state index in [0.717, 1.165) is 17.9 Å². The van der Waals surface area contributed by atoms with Gasteiger partial charge in [0.2, 0.25) is 0 Å². The summed E-state index contributed by atoms with van der Waals surface area (Å²) in [6, 6.07) is 2.16. The number of nitrogens with zero attached hydrogens (tertiary/aromatic N) is 2. The van der Waals surface area contributed by atoms with E-state index in [4.69, 9.17) is 0 Å². The Labute approximate surface area is 132 Å². The van der Waals surface area contributed by atoms with Gasteiger partial charge in [0.25, 0.3) is 0 Å². The zero-order valence-electron chi connectivity index (χ0n) is 14.9. The lowest BCUT2D eigenvalue weighted by atomic mass is 9.94. The molecule has 3 heteroatoms. The molecular weight excluding hydrogens is 258 g/mol. The molecule has 2 aliphatic heterocycles. The lowest BCUT2D eigenvalue weighted by molar-refractivity contribution is 0.0894. The number of rotatable bonds is 6. The molecule has 0 aliphatic carbocycles. The molecule has 0 saturated carbocycles. The summed E-state index contributed by atoms with van der Waals surface area (Å²) in [7, 11) is 0. The van der Waals surface area contributed by atoms with E-state index in [-0.39, 0.29) is 0 Å². The van der Waals surface area contributed by atoms with Gasteiger partial charge < -0.3 is 10.2 Å². The zero-order valence-corrected chi connectivity index (χ0v) is 14.9.